The van der Waals surface area contributed by atoms with E-state index in [1.54, 1.807) is 0 Å². The Labute approximate surface area is 308 Å². The van der Waals surface area contributed by atoms with E-state index in [2.05, 4.69) is 187 Å². The molecule has 0 radical (unpaired) electrons. The molecule has 0 bridgehead atoms. The first-order chi connectivity index (χ1) is 26.3. The van der Waals surface area contributed by atoms with Gasteiger partial charge in [0.25, 0.3) is 0 Å². The molecular formula is C51H34N2. The Bertz CT molecular complexity index is 3050. The minimum absolute atomic E-state index is 0.860. The number of fused-ring (bicyclic) bond motifs is 6. The molecule has 9 aromatic carbocycles. The smallest absolute Gasteiger partial charge is 0.114 e. The van der Waals surface area contributed by atoms with E-state index in [1.165, 1.54) is 88.0 Å². The molecule has 0 saturated heterocycles. The number of aromatic nitrogens is 2. The van der Waals surface area contributed by atoms with Crippen LogP contribution in [0.5, 0.6) is 0 Å². The lowest BCUT2D eigenvalue weighted by molar-refractivity contribution is 0.908. The molecule has 11 rings (SSSR count). The minimum atomic E-state index is 0.860. The first-order valence-corrected chi connectivity index (χ1v) is 18.5. The summed E-state index contributed by atoms with van der Waals surface area (Å²) in [7, 11) is 0. The zero-order valence-electron chi connectivity index (χ0n) is 29.3. The second-order valence-corrected chi connectivity index (χ2v) is 14.1. The van der Waals surface area contributed by atoms with Crippen molar-refractivity contribution >= 4 is 43.4 Å². The fourth-order valence-corrected chi connectivity index (χ4v) is 8.99. The number of nitrogens with zero attached hydrogens (tertiary/aromatic N) is 2. The van der Waals surface area contributed by atoms with Crippen LogP contribution in [0.3, 0.4) is 0 Å². The van der Waals surface area contributed by atoms with Crippen LogP contribution < -0.4 is 0 Å². The molecule has 1 aliphatic rings. The van der Waals surface area contributed by atoms with Crippen LogP contribution in [-0.2, 0) is 6.42 Å². The van der Waals surface area contributed by atoms with Crippen LogP contribution in [0.2, 0.25) is 0 Å². The molecule has 0 unspecified atom stereocenters. The lowest BCUT2D eigenvalue weighted by Gasteiger charge is -2.20. The SMILES string of the molecule is CCc1nc2ccccc2n1-c1ccc(-c2c3ccccc3c(-c3ccc4c5c(cccc35)-c3ccccc3-4)c3ccc(-c4ccccc4)cc23)cc1. The predicted octanol–water partition coefficient (Wildman–Crippen LogP) is 13.7. The summed E-state index contributed by atoms with van der Waals surface area (Å²) in [6.07, 6.45) is 0.860. The quantitative estimate of drug-likeness (QED) is 0.166. The number of rotatable bonds is 5. The Kier molecular flexibility index (Phi) is 6.56. The van der Waals surface area contributed by atoms with Gasteiger partial charge in [-0.3, -0.25) is 4.57 Å². The van der Waals surface area contributed by atoms with Gasteiger partial charge in [-0.15, -0.1) is 0 Å². The highest BCUT2D eigenvalue weighted by atomic mass is 15.1. The molecule has 1 aromatic heterocycles. The monoisotopic (exact) mass is 674 g/mol. The van der Waals surface area contributed by atoms with Crippen molar-refractivity contribution < 1.29 is 0 Å². The summed E-state index contributed by atoms with van der Waals surface area (Å²) >= 11 is 0. The third kappa shape index (κ3) is 4.42. The van der Waals surface area contributed by atoms with Crippen LogP contribution in [0.4, 0.5) is 0 Å². The third-order valence-electron chi connectivity index (χ3n) is 11.3. The molecule has 10 aromatic rings. The molecule has 0 atom stereocenters. The van der Waals surface area contributed by atoms with E-state index in [4.69, 9.17) is 4.98 Å². The normalized spacial score (nSPS) is 11.9. The van der Waals surface area contributed by atoms with Crippen molar-refractivity contribution in [2.24, 2.45) is 0 Å². The van der Waals surface area contributed by atoms with Crippen molar-refractivity contribution in [1.82, 2.24) is 9.55 Å². The Morgan fingerprint density at radius 1 is 0.415 bits per heavy atom. The molecule has 0 spiro atoms. The molecule has 2 heteroatoms. The van der Waals surface area contributed by atoms with Crippen LogP contribution >= 0.6 is 0 Å². The fourth-order valence-electron chi connectivity index (χ4n) is 8.99. The van der Waals surface area contributed by atoms with Crippen LogP contribution in [0.25, 0.3) is 105 Å². The van der Waals surface area contributed by atoms with E-state index in [9.17, 15) is 0 Å². The van der Waals surface area contributed by atoms with E-state index >= 15 is 0 Å². The first kappa shape index (κ1) is 29.9. The van der Waals surface area contributed by atoms with E-state index in [1.807, 2.05) is 0 Å². The fraction of sp³-hybridized carbons (Fsp3) is 0.0392. The molecule has 0 saturated carbocycles. The van der Waals surface area contributed by atoms with Gasteiger partial charge in [0.05, 0.1) is 11.0 Å². The van der Waals surface area contributed by atoms with E-state index in [0.717, 1.165) is 29.0 Å². The molecule has 0 aliphatic heterocycles. The largest absolute Gasteiger partial charge is 0.296 e. The second kappa shape index (κ2) is 11.6. The summed E-state index contributed by atoms with van der Waals surface area (Å²) < 4.78 is 2.31. The zero-order chi connectivity index (χ0) is 35.0. The van der Waals surface area contributed by atoms with Crippen LogP contribution in [0.1, 0.15) is 12.7 Å². The van der Waals surface area contributed by atoms with Crippen LogP contribution in [0, 0.1) is 0 Å². The van der Waals surface area contributed by atoms with Crippen molar-refractivity contribution in [2.75, 3.05) is 0 Å². The van der Waals surface area contributed by atoms with Gasteiger partial charge in [-0.1, -0.05) is 153 Å². The van der Waals surface area contributed by atoms with Gasteiger partial charge in [0, 0.05) is 12.1 Å². The molecule has 2 nitrogen and oxygen atoms in total. The Morgan fingerprint density at radius 2 is 1.02 bits per heavy atom. The summed E-state index contributed by atoms with van der Waals surface area (Å²) in [5.74, 6) is 1.07. The maximum Gasteiger partial charge on any atom is 0.114 e. The van der Waals surface area contributed by atoms with Crippen molar-refractivity contribution in [1.29, 1.82) is 0 Å². The molecule has 1 heterocycles. The minimum Gasteiger partial charge on any atom is -0.296 e. The third-order valence-corrected chi connectivity index (χ3v) is 11.3. The van der Waals surface area contributed by atoms with Gasteiger partial charge in [0.2, 0.25) is 0 Å². The molecular weight excluding hydrogens is 641 g/mol. The highest BCUT2D eigenvalue weighted by Gasteiger charge is 2.25. The second-order valence-electron chi connectivity index (χ2n) is 14.1. The Balaban J connectivity index is 1.19. The predicted molar refractivity (Wildman–Crippen MR) is 224 cm³/mol. The topological polar surface area (TPSA) is 17.8 Å². The zero-order valence-corrected chi connectivity index (χ0v) is 29.3. The van der Waals surface area contributed by atoms with Crippen LogP contribution in [-0.4, -0.2) is 9.55 Å². The molecule has 0 amide bonds. The van der Waals surface area contributed by atoms with Crippen molar-refractivity contribution in [3.8, 4) is 61.3 Å². The number of benzene rings is 9. The van der Waals surface area contributed by atoms with Gasteiger partial charge in [-0.2, -0.15) is 0 Å². The summed E-state index contributed by atoms with van der Waals surface area (Å²) in [5, 5.41) is 7.67. The van der Waals surface area contributed by atoms with Gasteiger partial charge < -0.3 is 0 Å². The van der Waals surface area contributed by atoms with Gasteiger partial charge >= 0.3 is 0 Å². The highest BCUT2D eigenvalue weighted by Crippen LogP contribution is 2.52. The average molecular weight is 675 g/mol. The number of hydrogen-bond donors (Lipinski definition) is 0. The average Bonchev–Trinajstić information content (AvgIpc) is 3.77. The summed E-state index contributed by atoms with van der Waals surface area (Å²) in [6, 6.07) is 64.8. The van der Waals surface area contributed by atoms with E-state index in [0.29, 0.717) is 0 Å². The van der Waals surface area contributed by atoms with Crippen molar-refractivity contribution in [2.45, 2.75) is 13.3 Å². The lowest BCUT2D eigenvalue weighted by atomic mass is 9.83. The Hall–Kier alpha value is -6.77. The maximum atomic E-state index is 4.96. The van der Waals surface area contributed by atoms with E-state index in [-0.39, 0.29) is 0 Å². The molecule has 53 heavy (non-hydrogen) atoms. The van der Waals surface area contributed by atoms with E-state index < -0.39 is 0 Å². The number of para-hydroxylation sites is 2. The van der Waals surface area contributed by atoms with Crippen molar-refractivity contribution in [3.05, 3.63) is 182 Å². The molecule has 0 fully saturated rings. The molecule has 0 N–H and O–H groups in total. The summed E-state index contributed by atoms with van der Waals surface area (Å²) in [5.41, 5.74) is 16.0. The summed E-state index contributed by atoms with van der Waals surface area (Å²) in [6.45, 7) is 2.18. The van der Waals surface area contributed by atoms with Gasteiger partial charge in [0.15, 0.2) is 0 Å². The molecule has 248 valence electrons. The Morgan fingerprint density at radius 3 is 1.81 bits per heavy atom. The summed E-state index contributed by atoms with van der Waals surface area (Å²) in [4.78, 5) is 4.96. The number of imidazole rings is 1. The lowest BCUT2D eigenvalue weighted by Crippen LogP contribution is -2.00. The standard InChI is InChI=1S/C51H34N2/c1-2-48-52-46-21-10-11-22-47(46)53(48)35-26-23-33(24-27-35)49-39-17-8-9-18-40(39)51(44-28-25-34(31-45(44)49)32-13-4-3-5-14-32)43-30-29-42-37-16-7-6-15-36(37)38-19-12-20-41(43)50(38)42/h3-31H,2H2,1H3. The first-order valence-electron chi connectivity index (χ1n) is 18.5. The maximum absolute atomic E-state index is 4.96. The van der Waals surface area contributed by atoms with Gasteiger partial charge in [0.1, 0.15) is 5.82 Å². The molecule has 1 aliphatic carbocycles. The number of hydrogen-bond acceptors (Lipinski definition) is 1. The highest BCUT2D eigenvalue weighted by molar-refractivity contribution is 6.26. The van der Waals surface area contributed by atoms with Crippen molar-refractivity contribution in [3.63, 3.8) is 0 Å². The van der Waals surface area contributed by atoms with Gasteiger partial charge in [-0.25, -0.2) is 4.98 Å². The number of aryl methyl sites for hydroxylation is 1. The van der Waals surface area contributed by atoms with Gasteiger partial charge in [-0.05, 0) is 118 Å². The van der Waals surface area contributed by atoms with Crippen LogP contribution in [0.15, 0.2) is 176 Å².